The molecule has 0 radical (unpaired) electrons. The van der Waals surface area contributed by atoms with E-state index in [2.05, 4.69) is 36.4 Å². The number of nitrogens with zero attached hydrogens (tertiary/aromatic N) is 2. The molecule has 0 spiro atoms. The molecule has 0 aliphatic heterocycles. The van der Waals surface area contributed by atoms with E-state index in [1.54, 1.807) is 7.05 Å². The molecule has 2 N–H and O–H groups in total. The van der Waals surface area contributed by atoms with Crippen molar-refractivity contribution >= 4 is 35.8 Å². The van der Waals surface area contributed by atoms with Crippen molar-refractivity contribution in [1.82, 2.24) is 15.5 Å². The fraction of sp³-hybridized carbons (Fsp3) is 0.556. The molecule has 0 heterocycles. The van der Waals surface area contributed by atoms with Crippen LogP contribution in [0.25, 0.3) is 0 Å². The summed E-state index contributed by atoms with van der Waals surface area (Å²) in [6, 6.07) is 7.73. The predicted molar refractivity (Wildman–Crippen MR) is 112 cm³/mol. The molecular weight excluding hydrogens is 415 g/mol. The van der Waals surface area contributed by atoms with Crippen LogP contribution in [0.4, 0.5) is 0 Å². The van der Waals surface area contributed by atoms with Crippen molar-refractivity contribution in [2.24, 2.45) is 4.99 Å². The van der Waals surface area contributed by atoms with Crippen LogP contribution in [0.1, 0.15) is 50.5 Å². The largest absolute Gasteiger partial charge is 0.352 e. The number of amides is 1. The summed E-state index contributed by atoms with van der Waals surface area (Å²) in [4.78, 5) is 18.3. The Morgan fingerprint density at radius 2 is 1.67 bits per heavy atom. The average molecular weight is 446 g/mol. The summed E-state index contributed by atoms with van der Waals surface area (Å²) >= 11 is 0. The SMILES string of the molecule is CCN(CC)C(=O)c1ccc(CNC(=NC)NC(C)(C)C)cc1.I. The van der Waals surface area contributed by atoms with Gasteiger partial charge in [0.1, 0.15) is 0 Å². The molecule has 0 aromatic heterocycles. The van der Waals surface area contributed by atoms with Crippen LogP contribution in [-0.2, 0) is 6.54 Å². The van der Waals surface area contributed by atoms with Gasteiger partial charge in [-0.3, -0.25) is 9.79 Å². The molecule has 1 aromatic rings. The van der Waals surface area contributed by atoms with Gasteiger partial charge < -0.3 is 15.5 Å². The summed E-state index contributed by atoms with van der Waals surface area (Å²) in [7, 11) is 1.76. The van der Waals surface area contributed by atoms with Crippen molar-refractivity contribution in [3.05, 3.63) is 35.4 Å². The molecule has 136 valence electrons. The highest BCUT2D eigenvalue weighted by molar-refractivity contribution is 14.0. The van der Waals surface area contributed by atoms with Crippen molar-refractivity contribution in [2.75, 3.05) is 20.1 Å². The van der Waals surface area contributed by atoms with Gasteiger partial charge >= 0.3 is 0 Å². The highest BCUT2D eigenvalue weighted by Gasteiger charge is 2.13. The third-order valence-corrected chi connectivity index (χ3v) is 3.43. The summed E-state index contributed by atoms with van der Waals surface area (Å²) in [5.41, 5.74) is 1.80. The van der Waals surface area contributed by atoms with Gasteiger partial charge in [0.25, 0.3) is 5.91 Å². The number of benzene rings is 1. The number of carbonyl (C=O) groups excluding carboxylic acids is 1. The standard InChI is InChI=1S/C18H30N4O.HI/c1-7-22(8-2)16(23)15-11-9-14(10-12-15)13-20-17(19-6)21-18(3,4)5;/h9-12H,7-8,13H2,1-6H3,(H2,19,20,21);1H. The van der Waals surface area contributed by atoms with Gasteiger partial charge in [-0.15, -0.1) is 24.0 Å². The van der Waals surface area contributed by atoms with E-state index < -0.39 is 0 Å². The highest BCUT2D eigenvalue weighted by atomic mass is 127. The molecule has 0 aliphatic carbocycles. The Morgan fingerprint density at radius 1 is 1.12 bits per heavy atom. The van der Waals surface area contributed by atoms with E-state index >= 15 is 0 Å². The Balaban J connectivity index is 0.00000529. The van der Waals surface area contributed by atoms with Gasteiger partial charge in [-0.25, -0.2) is 0 Å². The van der Waals surface area contributed by atoms with E-state index in [1.807, 2.05) is 43.0 Å². The Morgan fingerprint density at radius 3 is 2.08 bits per heavy atom. The summed E-state index contributed by atoms with van der Waals surface area (Å²) in [6.07, 6.45) is 0. The van der Waals surface area contributed by atoms with E-state index in [0.29, 0.717) is 6.54 Å². The normalized spacial score (nSPS) is 11.5. The predicted octanol–water partition coefficient (Wildman–Crippen LogP) is 3.25. The monoisotopic (exact) mass is 446 g/mol. The van der Waals surface area contributed by atoms with Crippen LogP contribution >= 0.6 is 24.0 Å². The van der Waals surface area contributed by atoms with Crippen molar-refractivity contribution in [3.8, 4) is 0 Å². The maximum Gasteiger partial charge on any atom is 0.253 e. The molecule has 0 atom stereocenters. The molecule has 0 saturated carbocycles. The fourth-order valence-corrected chi connectivity index (χ4v) is 2.18. The van der Waals surface area contributed by atoms with Crippen LogP contribution in [0, 0.1) is 0 Å². The van der Waals surface area contributed by atoms with E-state index in [-0.39, 0.29) is 35.4 Å². The first kappa shape index (κ1) is 22.7. The molecule has 1 rings (SSSR count). The molecule has 0 bridgehead atoms. The van der Waals surface area contributed by atoms with Crippen LogP contribution in [0.5, 0.6) is 0 Å². The minimum absolute atomic E-state index is 0. The number of hydrogen-bond acceptors (Lipinski definition) is 2. The lowest BCUT2D eigenvalue weighted by Gasteiger charge is -2.23. The van der Waals surface area contributed by atoms with Gasteiger partial charge in [0.05, 0.1) is 0 Å². The van der Waals surface area contributed by atoms with Gasteiger partial charge in [-0.1, -0.05) is 12.1 Å². The van der Waals surface area contributed by atoms with Crippen LogP contribution in [0.3, 0.4) is 0 Å². The molecule has 1 amide bonds. The Hall–Kier alpha value is -1.31. The van der Waals surface area contributed by atoms with Crippen molar-refractivity contribution in [1.29, 1.82) is 0 Å². The number of hydrogen-bond donors (Lipinski definition) is 2. The minimum atomic E-state index is -0.0398. The lowest BCUT2D eigenvalue weighted by molar-refractivity contribution is 0.0773. The van der Waals surface area contributed by atoms with Crippen LogP contribution < -0.4 is 10.6 Å². The van der Waals surface area contributed by atoms with E-state index in [4.69, 9.17) is 0 Å². The first-order valence-electron chi connectivity index (χ1n) is 8.17. The van der Waals surface area contributed by atoms with E-state index in [1.165, 1.54) is 0 Å². The molecule has 6 heteroatoms. The second-order valence-corrected chi connectivity index (χ2v) is 6.48. The van der Waals surface area contributed by atoms with Crippen molar-refractivity contribution < 1.29 is 4.79 Å². The van der Waals surface area contributed by atoms with Crippen molar-refractivity contribution in [2.45, 2.75) is 46.7 Å². The van der Waals surface area contributed by atoms with Gasteiger partial charge in [0, 0.05) is 37.8 Å². The summed E-state index contributed by atoms with van der Waals surface area (Å²) in [5.74, 6) is 0.848. The quantitative estimate of drug-likeness (QED) is 0.415. The number of halogens is 1. The second-order valence-electron chi connectivity index (χ2n) is 6.48. The zero-order chi connectivity index (χ0) is 17.5. The lowest BCUT2D eigenvalue weighted by Crippen LogP contribution is -2.47. The molecule has 24 heavy (non-hydrogen) atoms. The summed E-state index contributed by atoms with van der Waals surface area (Å²) in [6.45, 7) is 12.4. The number of carbonyl (C=O) groups is 1. The average Bonchev–Trinajstić information content (AvgIpc) is 2.52. The van der Waals surface area contributed by atoms with Crippen LogP contribution in [0.2, 0.25) is 0 Å². The zero-order valence-electron chi connectivity index (χ0n) is 15.6. The first-order valence-corrected chi connectivity index (χ1v) is 8.17. The Kier molecular flexibility index (Phi) is 9.96. The third kappa shape index (κ3) is 7.51. The maximum atomic E-state index is 12.3. The number of rotatable bonds is 5. The smallest absolute Gasteiger partial charge is 0.253 e. The lowest BCUT2D eigenvalue weighted by atomic mass is 10.1. The molecule has 0 aliphatic rings. The zero-order valence-corrected chi connectivity index (χ0v) is 18.0. The van der Waals surface area contributed by atoms with E-state index in [0.717, 1.165) is 30.2 Å². The van der Waals surface area contributed by atoms with Crippen molar-refractivity contribution in [3.63, 3.8) is 0 Å². The molecule has 0 unspecified atom stereocenters. The molecule has 0 fully saturated rings. The highest BCUT2D eigenvalue weighted by Crippen LogP contribution is 2.08. The third-order valence-electron chi connectivity index (χ3n) is 3.43. The number of guanidine groups is 1. The van der Waals surface area contributed by atoms with Gasteiger partial charge in [0.15, 0.2) is 5.96 Å². The van der Waals surface area contributed by atoms with Gasteiger partial charge in [-0.2, -0.15) is 0 Å². The molecule has 1 aromatic carbocycles. The summed E-state index contributed by atoms with van der Waals surface area (Å²) in [5, 5.41) is 6.59. The fourth-order valence-electron chi connectivity index (χ4n) is 2.18. The Labute approximate surface area is 163 Å². The topological polar surface area (TPSA) is 56.7 Å². The Bertz CT molecular complexity index is 531. The molecular formula is C18H31IN4O. The van der Waals surface area contributed by atoms with Gasteiger partial charge in [0.2, 0.25) is 0 Å². The maximum absolute atomic E-state index is 12.3. The number of aliphatic imine (C=N–C) groups is 1. The number of nitrogens with one attached hydrogen (secondary N) is 2. The molecule has 5 nitrogen and oxygen atoms in total. The van der Waals surface area contributed by atoms with Crippen LogP contribution in [0.15, 0.2) is 29.3 Å². The molecule has 0 saturated heterocycles. The summed E-state index contributed by atoms with van der Waals surface area (Å²) < 4.78 is 0. The minimum Gasteiger partial charge on any atom is -0.352 e. The van der Waals surface area contributed by atoms with Gasteiger partial charge in [-0.05, 0) is 52.3 Å². The van der Waals surface area contributed by atoms with E-state index in [9.17, 15) is 4.79 Å². The first-order chi connectivity index (χ1) is 10.8. The van der Waals surface area contributed by atoms with Crippen LogP contribution in [-0.4, -0.2) is 42.4 Å². The second kappa shape index (κ2) is 10.5.